The van der Waals surface area contributed by atoms with Crippen LogP contribution in [0.3, 0.4) is 0 Å². The maximum absolute atomic E-state index is 11.5. The van der Waals surface area contributed by atoms with E-state index in [4.69, 9.17) is 10.5 Å². The molecular formula is C16H18N2O2. The molecule has 2 aromatic rings. The lowest BCUT2D eigenvalue weighted by molar-refractivity contribution is 0.296. The molecular weight excluding hydrogens is 252 g/mol. The van der Waals surface area contributed by atoms with Crippen LogP contribution in [0.25, 0.3) is 0 Å². The van der Waals surface area contributed by atoms with Crippen LogP contribution in [0.15, 0.2) is 47.4 Å². The molecule has 1 aliphatic carbocycles. The van der Waals surface area contributed by atoms with Gasteiger partial charge in [-0.25, -0.2) is 0 Å². The number of hydrogen-bond acceptors (Lipinski definition) is 3. The van der Waals surface area contributed by atoms with Crippen molar-refractivity contribution in [2.45, 2.75) is 25.4 Å². The lowest BCUT2D eigenvalue weighted by Crippen LogP contribution is -2.21. The molecule has 20 heavy (non-hydrogen) atoms. The average Bonchev–Trinajstić information content (AvgIpc) is 2.82. The van der Waals surface area contributed by atoms with Crippen LogP contribution in [-0.2, 0) is 13.0 Å². The van der Waals surface area contributed by atoms with E-state index in [0.717, 1.165) is 18.6 Å². The third-order valence-electron chi connectivity index (χ3n) is 3.74. The van der Waals surface area contributed by atoms with E-state index in [0.29, 0.717) is 13.2 Å². The van der Waals surface area contributed by atoms with E-state index in [1.807, 2.05) is 12.1 Å². The standard InChI is InChI=1S/C16H18N2O2/c17-15-7-4-12-11-13(5-6-14(12)15)20-10-9-18-8-2-1-3-16(18)19/h1-3,5-6,8,11,15H,4,7,9-10,17H2. The van der Waals surface area contributed by atoms with Gasteiger partial charge < -0.3 is 15.0 Å². The van der Waals surface area contributed by atoms with Gasteiger partial charge in [0.2, 0.25) is 0 Å². The van der Waals surface area contributed by atoms with Crippen LogP contribution in [-0.4, -0.2) is 11.2 Å². The Kier molecular flexibility index (Phi) is 3.56. The lowest BCUT2D eigenvalue weighted by atomic mass is 10.1. The third kappa shape index (κ3) is 2.60. The zero-order valence-electron chi connectivity index (χ0n) is 11.3. The Morgan fingerprint density at radius 3 is 3.05 bits per heavy atom. The van der Waals surface area contributed by atoms with Crippen LogP contribution in [0.2, 0.25) is 0 Å². The van der Waals surface area contributed by atoms with Crippen molar-refractivity contribution in [2.24, 2.45) is 5.73 Å². The van der Waals surface area contributed by atoms with E-state index < -0.39 is 0 Å². The van der Waals surface area contributed by atoms with Crippen LogP contribution in [0.4, 0.5) is 0 Å². The van der Waals surface area contributed by atoms with Crippen molar-refractivity contribution < 1.29 is 4.74 Å². The summed E-state index contributed by atoms with van der Waals surface area (Å²) in [6.45, 7) is 1.03. The highest BCUT2D eigenvalue weighted by Gasteiger charge is 2.18. The number of hydrogen-bond donors (Lipinski definition) is 1. The first-order chi connectivity index (χ1) is 9.74. The second-order valence-electron chi connectivity index (χ2n) is 5.09. The summed E-state index contributed by atoms with van der Waals surface area (Å²) in [7, 11) is 0. The molecule has 1 aromatic heterocycles. The number of pyridine rings is 1. The fraction of sp³-hybridized carbons (Fsp3) is 0.312. The SMILES string of the molecule is NC1CCc2cc(OCCn3ccccc3=O)ccc21. The summed E-state index contributed by atoms with van der Waals surface area (Å²) in [5, 5.41) is 0. The Balaban J connectivity index is 1.62. The van der Waals surface area contributed by atoms with Gasteiger partial charge in [0, 0.05) is 18.3 Å². The first-order valence-electron chi connectivity index (χ1n) is 6.91. The summed E-state index contributed by atoms with van der Waals surface area (Å²) in [6.07, 6.45) is 3.80. The van der Waals surface area contributed by atoms with E-state index in [9.17, 15) is 4.79 Å². The maximum atomic E-state index is 11.5. The molecule has 0 bridgehead atoms. The molecule has 0 saturated heterocycles. The molecule has 4 heteroatoms. The molecule has 1 unspecified atom stereocenters. The normalized spacial score (nSPS) is 16.9. The van der Waals surface area contributed by atoms with Gasteiger partial charge in [0.25, 0.3) is 5.56 Å². The molecule has 4 nitrogen and oxygen atoms in total. The van der Waals surface area contributed by atoms with Crippen LogP contribution >= 0.6 is 0 Å². The van der Waals surface area contributed by atoms with E-state index in [2.05, 4.69) is 12.1 Å². The van der Waals surface area contributed by atoms with Gasteiger partial charge in [-0.15, -0.1) is 0 Å². The smallest absolute Gasteiger partial charge is 0.250 e. The summed E-state index contributed by atoms with van der Waals surface area (Å²) in [5.74, 6) is 0.849. The number of nitrogens with two attached hydrogens (primary N) is 1. The fourth-order valence-electron chi connectivity index (χ4n) is 2.62. The molecule has 0 saturated carbocycles. The summed E-state index contributed by atoms with van der Waals surface area (Å²) in [5.41, 5.74) is 8.52. The zero-order valence-corrected chi connectivity index (χ0v) is 11.3. The molecule has 1 aromatic carbocycles. The molecule has 2 N–H and O–H groups in total. The predicted octanol–water partition coefficient (Wildman–Crippen LogP) is 1.87. The number of nitrogens with zero attached hydrogens (tertiary/aromatic N) is 1. The molecule has 1 heterocycles. The van der Waals surface area contributed by atoms with Crippen LogP contribution in [0, 0.1) is 0 Å². The molecule has 1 atom stereocenters. The van der Waals surface area contributed by atoms with Crippen LogP contribution in [0.5, 0.6) is 5.75 Å². The Morgan fingerprint density at radius 2 is 2.20 bits per heavy atom. The van der Waals surface area contributed by atoms with Gasteiger partial charge in [-0.1, -0.05) is 12.1 Å². The van der Waals surface area contributed by atoms with Gasteiger partial charge in [0.05, 0.1) is 6.54 Å². The van der Waals surface area contributed by atoms with Gasteiger partial charge >= 0.3 is 0 Å². The summed E-state index contributed by atoms with van der Waals surface area (Å²) in [4.78, 5) is 11.5. The predicted molar refractivity (Wildman–Crippen MR) is 77.9 cm³/mol. The monoisotopic (exact) mass is 270 g/mol. The Bertz CT molecular complexity index is 664. The summed E-state index contributed by atoms with van der Waals surface area (Å²) < 4.78 is 7.37. The number of ether oxygens (including phenoxy) is 1. The molecule has 0 radical (unpaired) electrons. The molecule has 0 fully saturated rings. The summed E-state index contributed by atoms with van der Waals surface area (Å²) >= 11 is 0. The fourth-order valence-corrected chi connectivity index (χ4v) is 2.62. The van der Waals surface area contributed by atoms with Crippen LogP contribution in [0.1, 0.15) is 23.6 Å². The zero-order chi connectivity index (χ0) is 13.9. The molecule has 0 spiro atoms. The number of aryl methyl sites for hydroxylation is 1. The van der Waals surface area contributed by atoms with E-state index in [1.54, 1.807) is 22.9 Å². The van der Waals surface area contributed by atoms with E-state index in [1.165, 1.54) is 11.1 Å². The van der Waals surface area contributed by atoms with Crippen molar-refractivity contribution in [1.29, 1.82) is 0 Å². The Labute approximate surface area is 117 Å². The highest BCUT2D eigenvalue weighted by Crippen LogP contribution is 2.31. The summed E-state index contributed by atoms with van der Waals surface area (Å²) in [6, 6.07) is 11.4. The molecule has 3 rings (SSSR count). The topological polar surface area (TPSA) is 57.2 Å². The molecule has 1 aliphatic rings. The van der Waals surface area contributed by atoms with Crippen molar-refractivity contribution in [3.8, 4) is 5.75 Å². The quantitative estimate of drug-likeness (QED) is 0.922. The highest BCUT2D eigenvalue weighted by molar-refractivity contribution is 5.40. The maximum Gasteiger partial charge on any atom is 0.250 e. The van der Waals surface area contributed by atoms with Crippen LogP contribution < -0.4 is 16.0 Å². The first-order valence-corrected chi connectivity index (χ1v) is 6.91. The van der Waals surface area contributed by atoms with Gasteiger partial charge in [0.1, 0.15) is 12.4 Å². The number of rotatable bonds is 4. The van der Waals surface area contributed by atoms with E-state index in [-0.39, 0.29) is 11.6 Å². The largest absolute Gasteiger partial charge is 0.492 e. The third-order valence-corrected chi connectivity index (χ3v) is 3.74. The van der Waals surface area contributed by atoms with Crippen molar-refractivity contribution in [3.05, 3.63) is 64.1 Å². The second-order valence-corrected chi connectivity index (χ2v) is 5.09. The average molecular weight is 270 g/mol. The minimum absolute atomic E-state index is 0.00368. The highest BCUT2D eigenvalue weighted by atomic mass is 16.5. The van der Waals surface area contributed by atoms with E-state index >= 15 is 0 Å². The number of aromatic nitrogens is 1. The minimum atomic E-state index is -0.00368. The van der Waals surface area contributed by atoms with Gasteiger partial charge in [-0.3, -0.25) is 4.79 Å². The second kappa shape index (κ2) is 5.51. The number of benzene rings is 1. The molecule has 0 amide bonds. The first kappa shape index (κ1) is 12.9. The minimum Gasteiger partial charge on any atom is -0.492 e. The van der Waals surface area contributed by atoms with Crippen molar-refractivity contribution in [3.63, 3.8) is 0 Å². The molecule has 0 aliphatic heterocycles. The Hall–Kier alpha value is -2.07. The van der Waals surface area contributed by atoms with Crippen molar-refractivity contribution >= 4 is 0 Å². The van der Waals surface area contributed by atoms with Crippen molar-refractivity contribution in [2.75, 3.05) is 6.61 Å². The lowest BCUT2D eigenvalue weighted by Gasteiger charge is -2.10. The van der Waals surface area contributed by atoms with Gasteiger partial charge in [-0.2, -0.15) is 0 Å². The molecule has 104 valence electrons. The van der Waals surface area contributed by atoms with Gasteiger partial charge in [0.15, 0.2) is 0 Å². The Morgan fingerprint density at radius 1 is 1.30 bits per heavy atom. The van der Waals surface area contributed by atoms with Gasteiger partial charge in [-0.05, 0) is 42.2 Å². The number of fused-ring (bicyclic) bond motifs is 1. The van der Waals surface area contributed by atoms with Crippen molar-refractivity contribution in [1.82, 2.24) is 4.57 Å².